The van der Waals surface area contributed by atoms with Gasteiger partial charge in [0.2, 0.25) is 0 Å². The fraction of sp³-hybridized carbons (Fsp3) is 0.357. The number of hydrogen-bond acceptors (Lipinski definition) is 6. The summed E-state index contributed by atoms with van der Waals surface area (Å²) in [5.41, 5.74) is 5.40. The summed E-state index contributed by atoms with van der Waals surface area (Å²) in [6.07, 6.45) is 5.82. The molecule has 7 heteroatoms. The van der Waals surface area contributed by atoms with Crippen molar-refractivity contribution < 1.29 is 28.9 Å². The molecule has 2 aromatic carbocycles. The molecule has 35 heavy (non-hydrogen) atoms. The summed E-state index contributed by atoms with van der Waals surface area (Å²) in [5, 5.41) is 9.49. The Labute approximate surface area is 208 Å². The molecule has 1 N–H and O–H groups in total. The van der Waals surface area contributed by atoms with Gasteiger partial charge in [0.1, 0.15) is 12.4 Å². The Balaban J connectivity index is 1.90. The Morgan fingerprint density at radius 3 is 2.63 bits per heavy atom. The van der Waals surface area contributed by atoms with Gasteiger partial charge in [-0.05, 0) is 64.6 Å². The van der Waals surface area contributed by atoms with Gasteiger partial charge in [0.15, 0.2) is 0 Å². The zero-order valence-corrected chi connectivity index (χ0v) is 21.9. The second-order valence-corrected chi connectivity index (χ2v) is 15.4. The van der Waals surface area contributed by atoms with Crippen LogP contribution < -0.4 is 4.74 Å². The normalized spacial score (nSPS) is 14.1. The van der Waals surface area contributed by atoms with Crippen LogP contribution in [0.15, 0.2) is 48.6 Å². The zero-order valence-electron chi connectivity index (χ0n) is 20.9. The summed E-state index contributed by atoms with van der Waals surface area (Å²) in [5.74, 6) is 0.0439. The molecule has 0 bridgehead atoms. The molecule has 1 aliphatic heterocycles. The monoisotopic (exact) mass is 494 g/mol. The lowest BCUT2D eigenvalue weighted by Gasteiger charge is -2.14. The third-order valence-corrected chi connectivity index (χ3v) is 7.41. The molecule has 0 atom stereocenters. The maximum Gasteiger partial charge on any atom is 0.330 e. The van der Waals surface area contributed by atoms with E-state index >= 15 is 0 Å². The summed E-state index contributed by atoms with van der Waals surface area (Å²) >= 11 is 0. The zero-order chi connectivity index (χ0) is 25.4. The molecular weight excluding hydrogens is 460 g/mol. The number of aliphatic hydroxyl groups excluding tert-OH is 1. The first-order valence-corrected chi connectivity index (χ1v) is 15.5. The van der Waals surface area contributed by atoms with Crippen molar-refractivity contribution in [2.24, 2.45) is 0 Å². The van der Waals surface area contributed by atoms with Crippen LogP contribution in [0.2, 0.25) is 25.7 Å². The van der Waals surface area contributed by atoms with Crippen molar-refractivity contribution in [2.45, 2.75) is 45.1 Å². The van der Waals surface area contributed by atoms with E-state index in [-0.39, 0.29) is 25.0 Å². The van der Waals surface area contributed by atoms with E-state index in [9.17, 15) is 14.7 Å². The van der Waals surface area contributed by atoms with Crippen LogP contribution in [0.1, 0.15) is 34.2 Å². The number of aliphatic hydroxyl groups is 1. The van der Waals surface area contributed by atoms with E-state index in [1.54, 1.807) is 6.08 Å². The summed E-state index contributed by atoms with van der Waals surface area (Å²) in [4.78, 5) is 24.0. The van der Waals surface area contributed by atoms with E-state index in [1.165, 1.54) is 13.2 Å². The van der Waals surface area contributed by atoms with Gasteiger partial charge < -0.3 is 19.3 Å². The average molecular weight is 495 g/mol. The summed E-state index contributed by atoms with van der Waals surface area (Å²) in [6.45, 7) is 7.58. The highest BCUT2D eigenvalue weighted by Crippen LogP contribution is 2.38. The molecule has 0 unspecified atom stereocenters. The van der Waals surface area contributed by atoms with Gasteiger partial charge in [-0.25, -0.2) is 4.79 Å². The minimum atomic E-state index is -1.26. The number of ether oxygens (including phenoxy) is 3. The maximum atomic E-state index is 12.2. The van der Waals surface area contributed by atoms with E-state index < -0.39 is 8.07 Å². The van der Waals surface area contributed by atoms with Gasteiger partial charge in [-0.3, -0.25) is 4.79 Å². The highest BCUT2D eigenvalue weighted by Gasteiger charge is 2.20. The number of rotatable bonds is 9. The van der Waals surface area contributed by atoms with Gasteiger partial charge in [-0.1, -0.05) is 43.9 Å². The standard InChI is InChI=1S/C28H34O6Si/c1-32-28(31)18-21-8-11-26-25(17-21)23(6-5-13-29)24-16-20(7-10-22(24)19-34-26)9-12-27(30)33-14-15-35(2,3)4/h6-12,16-17,29H,5,13-15,18-19H2,1-4H3/b12-9+,23-6+. The van der Waals surface area contributed by atoms with Crippen molar-refractivity contribution in [3.63, 3.8) is 0 Å². The van der Waals surface area contributed by atoms with Gasteiger partial charge in [-0.2, -0.15) is 0 Å². The van der Waals surface area contributed by atoms with E-state index in [0.29, 0.717) is 25.4 Å². The molecule has 0 saturated heterocycles. The van der Waals surface area contributed by atoms with Gasteiger partial charge >= 0.3 is 11.9 Å². The molecule has 1 aliphatic rings. The largest absolute Gasteiger partial charge is 0.488 e. The molecule has 2 aromatic rings. The number of methoxy groups -OCH3 is 1. The molecule has 0 amide bonds. The third-order valence-electron chi connectivity index (χ3n) is 5.70. The second kappa shape index (κ2) is 12.0. The molecular formula is C28H34O6Si. The van der Waals surface area contributed by atoms with Gasteiger partial charge in [0, 0.05) is 26.3 Å². The van der Waals surface area contributed by atoms with E-state index in [4.69, 9.17) is 14.2 Å². The summed E-state index contributed by atoms with van der Waals surface area (Å²) < 4.78 is 16.2. The third kappa shape index (κ3) is 7.67. The van der Waals surface area contributed by atoms with Gasteiger partial charge in [-0.15, -0.1) is 0 Å². The Bertz CT molecular complexity index is 1130. The number of benzene rings is 2. The lowest BCUT2D eigenvalue weighted by atomic mass is 9.91. The van der Waals surface area contributed by atoms with Gasteiger partial charge in [0.05, 0.1) is 20.1 Å². The van der Waals surface area contributed by atoms with Crippen LogP contribution >= 0.6 is 0 Å². The molecule has 1 heterocycles. The van der Waals surface area contributed by atoms with Crippen LogP contribution in [0.25, 0.3) is 11.6 Å². The molecule has 0 saturated carbocycles. The summed E-state index contributed by atoms with van der Waals surface area (Å²) in [6, 6.07) is 12.5. The molecule has 0 fully saturated rings. The minimum Gasteiger partial charge on any atom is -0.488 e. The van der Waals surface area contributed by atoms with Crippen LogP contribution in [-0.4, -0.2) is 45.4 Å². The lowest BCUT2D eigenvalue weighted by Crippen LogP contribution is -2.22. The SMILES string of the molecule is COC(=O)Cc1ccc2c(c1)/C(=C/CCO)c1cc(/C=C/C(=O)OCC[Si](C)(C)C)ccc1CO2. The molecule has 0 spiro atoms. The Kier molecular flexibility index (Phi) is 9.06. The Hall–Kier alpha value is -3.16. The van der Waals surface area contributed by atoms with Crippen molar-refractivity contribution in [2.75, 3.05) is 20.3 Å². The van der Waals surface area contributed by atoms with E-state index in [2.05, 4.69) is 19.6 Å². The highest BCUT2D eigenvalue weighted by atomic mass is 28.3. The second-order valence-electron chi connectivity index (χ2n) is 9.73. The maximum absolute atomic E-state index is 12.2. The fourth-order valence-corrected chi connectivity index (χ4v) is 4.45. The number of carbonyl (C=O) groups is 2. The Morgan fingerprint density at radius 2 is 1.91 bits per heavy atom. The van der Waals surface area contributed by atoms with Crippen molar-refractivity contribution in [3.8, 4) is 5.75 Å². The van der Waals surface area contributed by atoms with Crippen LogP contribution in [0.5, 0.6) is 5.75 Å². The predicted octanol–water partition coefficient (Wildman–Crippen LogP) is 5.00. The van der Waals surface area contributed by atoms with Gasteiger partial charge in [0.25, 0.3) is 0 Å². The number of carbonyl (C=O) groups excluding carboxylic acids is 2. The number of fused-ring (bicyclic) bond motifs is 2. The molecule has 0 radical (unpaired) electrons. The van der Waals surface area contributed by atoms with Crippen molar-refractivity contribution in [1.29, 1.82) is 0 Å². The Morgan fingerprint density at radius 1 is 1.11 bits per heavy atom. The van der Waals surface area contributed by atoms with Crippen molar-refractivity contribution >= 4 is 31.7 Å². The molecule has 186 valence electrons. The van der Waals surface area contributed by atoms with E-state index in [1.807, 2.05) is 42.5 Å². The first-order chi connectivity index (χ1) is 16.7. The quantitative estimate of drug-likeness (QED) is 0.300. The topological polar surface area (TPSA) is 82.1 Å². The van der Waals surface area contributed by atoms with Crippen molar-refractivity contribution in [1.82, 2.24) is 0 Å². The van der Waals surface area contributed by atoms with Crippen LogP contribution in [0, 0.1) is 0 Å². The van der Waals surface area contributed by atoms with Crippen LogP contribution in [-0.2, 0) is 32.1 Å². The van der Waals surface area contributed by atoms with Crippen LogP contribution in [0.3, 0.4) is 0 Å². The molecule has 3 rings (SSSR count). The minimum absolute atomic E-state index is 0.0136. The summed E-state index contributed by atoms with van der Waals surface area (Å²) in [7, 11) is 0.111. The highest BCUT2D eigenvalue weighted by molar-refractivity contribution is 6.76. The van der Waals surface area contributed by atoms with Crippen molar-refractivity contribution in [3.05, 3.63) is 76.4 Å². The molecule has 0 aromatic heterocycles. The average Bonchev–Trinajstić information content (AvgIpc) is 2.96. The molecule has 6 nitrogen and oxygen atoms in total. The van der Waals surface area contributed by atoms with E-state index in [0.717, 1.165) is 39.4 Å². The predicted molar refractivity (Wildman–Crippen MR) is 140 cm³/mol. The first kappa shape index (κ1) is 26.4. The number of hydrogen-bond donors (Lipinski definition) is 1. The first-order valence-electron chi connectivity index (χ1n) is 11.8. The fourth-order valence-electron chi connectivity index (χ4n) is 3.74. The molecule has 0 aliphatic carbocycles. The number of esters is 2. The smallest absolute Gasteiger partial charge is 0.330 e. The lowest BCUT2D eigenvalue weighted by molar-refractivity contribution is -0.140. The van der Waals surface area contributed by atoms with Crippen LogP contribution in [0.4, 0.5) is 0 Å².